The lowest BCUT2D eigenvalue weighted by Crippen LogP contribution is -2.42. The molecule has 0 spiro atoms. The van der Waals surface area contributed by atoms with Crippen LogP contribution in [-0.2, 0) is 6.42 Å². The number of amides is 1. The van der Waals surface area contributed by atoms with E-state index in [0.29, 0.717) is 17.3 Å². The molecule has 4 nitrogen and oxygen atoms in total. The first-order valence-corrected chi connectivity index (χ1v) is 6.23. The maximum absolute atomic E-state index is 12.2. The van der Waals surface area contributed by atoms with E-state index >= 15 is 0 Å². The van der Waals surface area contributed by atoms with Crippen LogP contribution in [0.4, 0.5) is 0 Å². The predicted molar refractivity (Wildman–Crippen MR) is 68.9 cm³/mol. The molecule has 1 aliphatic rings. The summed E-state index contributed by atoms with van der Waals surface area (Å²) in [5.41, 5.74) is 5.64. The van der Waals surface area contributed by atoms with E-state index in [1.165, 1.54) is 0 Å². The second-order valence-electron chi connectivity index (χ2n) is 4.18. The number of hydrogen-bond acceptors (Lipinski definition) is 3. The van der Waals surface area contributed by atoms with Gasteiger partial charge in [-0.3, -0.25) is 4.79 Å². The molecule has 0 saturated carbocycles. The van der Waals surface area contributed by atoms with Crippen LogP contribution < -0.4 is 5.73 Å². The van der Waals surface area contributed by atoms with Gasteiger partial charge in [0.2, 0.25) is 0 Å². The predicted octanol–water partition coefficient (Wildman–Crippen LogP) is 1.73. The summed E-state index contributed by atoms with van der Waals surface area (Å²) in [4.78, 5) is 14.3. The molecule has 2 rings (SSSR count). The Morgan fingerprint density at radius 2 is 2.41 bits per heavy atom. The highest BCUT2D eigenvalue weighted by molar-refractivity contribution is 7.80. The van der Waals surface area contributed by atoms with Crippen LogP contribution in [-0.4, -0.2) is 28.4 Å². The fourth-order valence-corrected chi connectivity index (χ4v) is 2.38. The second-order valence-corrected chi connectivity index (χ2v) is 4.65. The summed E-state index contributed by atoms with van der Waals surface area (Å²) in [6.45, 7) is 2.68. The van der Waals surface area contributed by atoms with Crippen LogP contribution >= 0.6 is 12.2 Å². The van der Waals surface area contributed by atoms with Crippen LogP contribution in [0.2, 0.25) is 0 Å². The molecule has 1 aromatic heterocycles. The van der Waals surface area contributed by atoms with E-state index in [2.05, 4.69) is 0 Å². The van der Waals surface area contributed by atoms with E-state index in [1.807, 2.05) is 13.0 Å². The maximum Gasteiger partial charge on any atom is 0.290 e. The van der Waals surface area contributed by atoms with Gasteiger partial charge in [-0.1, -0.05) is 19.1 Å². The van der Waals surface area contributed by atoms with Gasteiger partial charge in [-0.2, -0.15) is 0 Å². The van der Waals surface area contributed by atoms with E-state index in [9.17, 15) is 4.79 Å². The summed E-state index contributed by atoms with van der Waals surface area (Å²) >= 11 is 4.98. The number of rotatable bonds is 3. The number of likely N-dealkylation sites (tertiary alicyclic amines) is 1. The Morgan fingerprint density at radius 3 is 3.00 bits per heavy atom. The molecule has 17 heavy (non-hydrogen) atoms. The zero-order valence-corrected chi connectivity index (χ0v) is 10.6. The Morgan fingerprint density at radius 1 is 1.65 bits per heavy atom. The standard InChI is InChI=1S/C12H16N2O2S/c1-2-8-5-6-10(16-8)12(15)14-7-3-4-9(14)11(13)17/h5-6,9H,2-4,7H2,1H3,(H2,13,17). The second kappa shape index (κ2) is 4.87. The molecule has 0 bridgehead atoms. The molecular formula is C12H16N2O2S. The monoisotopic (exact) mass is 252 g/mol. The maximum atomic E-state index is 12.2. The average molecular weight is 252 g/mol. The molecule has 2 N–H and O–H groups in total. The van der Waals surface area contributed by atoms with Crippen molar-refractivity contribution in [1.82, 2.24) is 4.90 Å². The number of nitrogens with zero attached hydrogens (tertiary/aromatic N) is 1. The molecule has 2 heterocycles. The highest BCUT2D eigenvalue weighted by atomic mass is 32.1. The Balaban J connectivity index is 2.16. The first-order valence-electron chi connectivity index (χ1n) is 5.82. The summed E-state index contributed by atoms with van der Waals surface area (Å²) < 4.78 is 5.46. The fourth-order valence-electron chi connectivity index (χ4n) is 2.13. The van der Waals surface area contributed by atoms with Gasteiger partial charge in [0.05, 0.1) is 11.0 Å². The van der Waals surface area contributed by atoms with Gasteiger partial charge in [0, 0.05) is 13.0 Å². The van der Waals surface area contributed by atoms with Gasteiger partial charge in [-0.15, -0.1) is 0 Å². The lowest BCUT2D eigenvalue weighted by Gasteiger charge is -2.22. The molecular weight excluding hydrogens is 236 g/mol. The largest absolute Gasteiger partial charge is 0.456 e. The molecule has 5 heteroatoms. The number of aryl methyl sites for hydroxylation is 1. The normalized spacial score (nSPS) is 19.6. The highest BCUT2D eigenvalue weighted by Crippen LogP contribution is 2.21. The Labute approximate surface area is 106 Å². The number of hydrogen-bond donors (Lipinski definition) is 1. The van der Waals surface area contributed by atoms with Gasteiger partial charge in [-0.25, -0.2) is 0 Å². The van der Waals surface area contributed by atoms with Crippen LogP contribution in [0.3, 0.4) is 0 Å². The minimum atomic E-state index is -0.118. The van der Waals surface area contributed by atoms with Crippen molar-refractivity contribution >= 4 is 23.1 Å². The third-order valence-corrected chi connectivity index (χ3v) is 3.34. The third kappa shape index (κ3) is 2.34. The van der Waals surface area contributed by atoms with Crippen molar-refractivity contribution in [2.75, 3.05) is 6.54 Å². The van der Waals surface area contributed by atoms with E-state index in [-0.39, 0.29) is 11.9 Å². The zero-order valence-electron chi connectivity index (χ0n) is 9.81. The lowest BCUT2D eigenvalue weighted by molar-refractivity contribution is 0.0736. The van der Waals surface area contributed by atoms with Gasteiger partial charge in [0.25, 0.3) is 5.91 Å². The molecule has 0 aliphatic carbocycles. The molecule has 0 aromatic carbocycles. The zero-order chi connectivity index (χ0) is 12.4. The first kappa shape index (κ1) is 12.1. The lowest BCUT2D eigenvalue weighted by atomic mass is 10.2. The smallest absolute Gasteiger partial charge is 0.290 e. The van der Waals surface area contributed by atoms with Crippen LogP contribution in [0, 0.1) is 0 Å². The summed E-state index contributed by atoms with van der Waals surface area (Å²) in [5, 5.41) is 0. The molecule has 1 atom stereocenters. The van der Waals surface area contributed by atoms with Crippen molar-refractivity contribution < 1.29 is 9.21 Å². The third-order valence-electron chi connectivity index (χ3n) is 3.06. The molecule has 0 radical (unpaired) electrons. The molecule has 1 amide bonds. The van der Waals surface area contributed by atoms with Crippen molar-refractivity contribution in [3.8, 4) is 0 Å². The van der Waals surface area contributed by atoms with Gasteiger partial charge in [0.15, 0.2) is 5.76 Å². The minimum Gasteiger partial charge on any atom is -0.456 e. The van der Waals surface area contributed by atoms with Gasteiger partial charge in [-0.05, 0) is 25.0 Å². The molecule has 1 aromatic rings. The quantitative estimate of drug-likeness (QED) is 0.832. The molecule has 1 saturated heterocycles. The van der Waals surface area contributed by atoms with Gasteiger partial charge >= 0.3 is 0 Å². The van der Waals surface area contributed by atoms with Gasteiger partial charge < -0.3 is 15.1 Å². The molecule has 1 unspecified atom stereocenters. The topological polar surface area (TPSA) is 59.5 Å². The molecule has 1 fully saturated rings. The van der Waals surface area contributed by atoms with Crippen molar-refractivity contribution in [3.05, 3.63) is 23.7 Å². The average Bonchev–Trinajstić information content (AvgIpc) is 2.97. The van der Waals surface area contributed by atoms with Crippen molar-refractivity contribution in [1.29, 1.82) is 0 Å². The van der Waals surface area contributed by atoms with Crippen molar-refractivity contribution in [2.24, 2.45) is 5.73 Å². The number of carbonyl (C=O) groups excluding carboxylic acids is 1. The van der Waals surface area contributed by atoms with Crippen molar-refractivity contribution in [3.63, 3.8) is 0 Å². The Kier molecular flexibility index (Phi) is 3.47. The number of nitrogens with two attached hydrogens (primary N) is 1. The van der Waals surface area contributed by atoms with Crippen LogP contribution in [0.1, 0.15) is 36.1 Å². The first-order chi connectivity index (χ1) is 8.13. The summed E-state index contributed by atoms with van der Waals surface area (Å²) in [6, 6.07) is 3.43. The minimum absolute atomic E-state index is 0.111. The Hall–Kier alpha value is -1.36. The van der Waals surface area contributed by atoms with Crippen LogP contribution in [0.5, 0.6) is 0 Å². The van der Waals surface area contributed by atoms with E-state index in [1.54, 1.807) is 11.0 Å². The number of thiocarbonyl (C=S) groups is 1. The highest BCUT2D eigenvalue weighted by Gasteiger charge is 2.32. The van der Waals surface area contributed by atoms with Crippen LogP contribution in [0.15, 0.2) is 16.5 Å². The van der Waals surface area contributed by atoms with E-state index < -0.39 is 0 Å². The number of furan rings is 1. The fraction of sp³-hybridized carbons (Fsp3) is 0.500. The van der Waals surface area contributed by atoms with Crippen LogP contribution in [0.25, 0.3) is 0 Å². The van der Waals surface area contributed by atoms with E-state index in [4.69, 9.17) is 22.4 Å². The summed E-state index contributed by atoms with van der Waals surface area (Å²) in [6.07, 6.45) is 2.57. The molecule has 1 aliphatic heterocycles. The van der Waals surface area contributed by atoms with Crippen molar-refractivity contribution in [2.45, 2.75) is 32.2 Å². The summed E-state index contributed by atoms with van der Waals surface area (Å²) in [7, 11) is 0. The Bertz CT molecular complexity index is 441. The SMILES string of the molecule is CCc1ccc(C(=O)N2CCCC2C(N)=S)o1. The molecule has 92 valence electrons. The summed E-state index contributed by atoms with van der Waals surface area (Å²) in [5.74, 6) is 1.09. The van der Waals surface area contributed by atoms with E-state index in [0.717, 1.165) is 25.0 Å². The number of carbonyl (C=O) groups is 1. The van der Waals surface area contributed by atoms with Gasteiger partial charge in [0.1, 0.15) is 5.76 Å².